The van der Waals surface area contributed by atoms with Crippen LogP contribution in [0.3, 0.4) is 0 Å². The average Bonchev–Trinajstić information content (AvgIpc) is 2.39. The van der Waals surface area contributed by atoms with Gasteiger partial charge in [-0.3, -0.25) is 9.69 Å². The number of piperidine rings is 1. The van der Waals surface area contributed by atoms with Crippen LogP contribution >= 0.6 is 0 Å². The molecule has 2 aliphatic rings. The molecule has 0 spiro atoms. The van der Waals surface area contributed by atoms with Gasteiger partial charge < -0.3 is 10.2 Å². The molecular formula is C14H25N3O. The largest absolute Gasteiger partial charge is 0.339 e. The molecule has 18 heavy (non-hydrogen) atoms. The van der Waals surface area contributed by atoms with E-state index in [1.54, 1.807) is 0 Å². The fourth-order valence-electron chi connectivity index (χ4n) is 2.85. The van der Waals surface area contributed by atoms with Crippen molar-refractivity contribution in [3.8, 4) is 0 Å². The summed E-state index contributed by atoms with van der Waals surface area (Å²) in [7, 11) is 0. The summed E-state index contributed by atoms with van der Waals surface area (Å²) in [6, 6.07) is 0.0553. The predicted molar refractivity (Wildman–Crippen MR) is 73.4 cm³/mol. The zero-order valence-corrected chi connectivity index (χ0v) is 11.4. The molecular weight excluding hydrogens is 226 g/mol. The van der Waals surface area contributed by atoms with E-state index in [4.69, 9.17) is 0 Å². The first-order chi connectivity index (χ1) is 8.70. The molecule has 4 heteroatoms. The SMILES string of the molecule is C=CCN1CCN(C(=O)C2CC(C)CCN2)CC1. The van der Waals surface area contributed by atoms with E-state index >= 15 is 0 Å². The van der Waals surface area contributed by atoms with Crippen LogP contribution in [0.25, 0.3) is 0 Å². The first-order valence-electron chi connectivity index (χ1n) is 7.06. The van der Waals surface area contributed by atoms with Gasteiger partial charge in [0.25, 0.3) is 0 Å². The van der Waals surface area contributed by atoms with Crippen LogP contribution < -0.4 is 5.32 Å². The number of rotatable bonds is 3. The van der Waals surface area contributed by atoms with Crippen LogP contribution in [0, 0.1) is 5.92 Å². The third-order valence-corrected chi connectivity index (χ3v) is 4.04. The number of nitrogens with zero attached hydrogens (tertiary/aromatic N) is 2. The van der Waals surface area contributed by atoms with Gasteiger partial charge in [-0.1, -0.05) is 13.0 Å². The minimum atomic E-state index is 0.0553. The van der Waals surface area contributed by atoms with Crippen molar-refractivity contribution in [3.63, 3.8) is 0 Å². The lowest BCUT2D eigenvalue weighted by molar-refractivity contribution is -0.136. The van der Waals surface area contributed by atoms with Gasteiger partial charge in [0.2, 0.25) is 5.91 Å². The van der Waals surface area contributed by atoms with Gasteiger partial charge in [-0.15, -0.1) is 6.58 Å². The Kier molecular flexibility index (Phi) is 4.78. The standard InChI is InChI=1S/C14H25N3O/c1-3-6-16-7-9-17(10-8-16)14(18)13-11-12(2)4-5-15-13/h3,12-13,15H,1,4-11H2,2H3. The van der Waals surface area contributed by atoms with Crippen molar-refractivity contribution < 1.29 is 4.79 Å². The molecule has 4 nitrogen and oxygen atoms in total. The number of amides is 1. The second-order valence-electron chi connectivity index (χ2n) is 5.55. The maximum atomic E-state index is 12.4. The van der Waals surface area contributed by atoms with Gasteiger partial charge in [0.1, 0.15) is 0 Å². The van der Waals surface area contributed by atoms with Crippen LogP contribution in [0.1, 0.15) is 19.8 Å². The minimum absolute atomic E-state index is 0.0553. The molecule has 2 heterocycles. The summed E-state index contributed by atoms with van der Waals surface area (Å²) in [5.41, 5.74) is 0. The van der Waals surface area contributed by atoms with Crippen LogP contribution in [0.4, 0.5) is 0 Å². The average molecular weight is 251 g/mol. The summed E-state index contributed by atoms with van der Waals surface area (Å²) in [4.78, 5) is 16.8. The molecule has 1 N–H and O–H groups in total. The van der Waals surface area contributed by atoms with Gasteiger partial charge >= 0.3 is 0 Å². The molecule has 0 radical (unpaired) electrons. The highest BCUT2D eigenvalue weighted by Gasteiger charge is 2.29. The molecule has 0 aliphatic carbocycles. The zero-order chi connectivity index (χ0) is 13.0. The third kappa shape index (κ3) is 3.33. The van der Waals surface area contributed by atoms with Crippen molar-refractivity contribution in [2.75, 3.05) is 39.3 Å². The Morgan fingerprint density at radius 1 is 1.39 bits per heavy atom. The van der Waals surface area contributed by atoms with Crippen molar-refractivity contribution in [2.45, 2.75) is 25.8 Å². The number of carbonyl (C=O) groups excluding carboxylic acids is 1. The molecule has 102 valence electrons. The summed E-state index contributed by atoms with van der Waals surface area (Å²) in [6.07, 6.45) is 4.12. The first kappa shape index (κ1) is 13.6. The Balaban J connectivity index is 1.81. The van der Waals surface area contributed by atoms with Gasteiger partial charge in [-0.2, -0.15) is 0 Å². The highest BCUT2D eigenvalue weighted by Crippen LogP contribution is 2.17. The van der Waals surface area contributed by atoms with E-state index in [-0.39, 0.29) is 6.04 Å². The Bertz CT molecular complexity index is 297. The summed E-state index contributed by atoms with van der Waals surface area (Å²) in [5, 5.41) is 3.36. The van der Waals surface area contributed by atoms with E-state index < -0.39 is 0 Å². The van der Waals surface area contributed by atoms with E-state index in [9.17, 15) is 4.79 Å². The second kappa shape index (κ2) is 6.34. The van der Waals surface area contributed by atoms with Crippen LogP contribution in [-0.4, -0.2) is 61.0 Å². The number of hydrogen-bond donors (Lipinski definition) is 1. The number of carbonyl (C=O) groups is 1. The predicted octanol–water partition coefficient (Wildman–Crippen LogP) is 0.705. The molecule has 0 aromatic carbocycles. The Morgan fingerprint density at radius 3 is 2.72 bits per heavy atom. The van der Waals surface area contributed by atoms with E-state index in [2.05, 4.69) is 23.7 Å². The molecule has 2 atom stereocenters. The van der Waals surface area contributed by atoms with Gasteiger partial charge in [-0.05, 0) is 25.3 Å². The second-order valence-corrected chi connectivity index (χ2v) is 5.55. The van der Waals surface area contributed by atoms with Crippen LogP contribution in [0.15, 0.2) is 12.7 Å². The van der Waals surface area contributed by atoms with Crippen molar-refractivity contribution in [3.05, 3.63) is 12.7 Å². The van der Waals surface area contributed by atoms with Crippen molar-refractivity contribution in [1.29, 1.82) is 0 Å². The van der Waals surface area contributed by atoms with Crippen LogP contribution in [-0.2, 0) is 4.79 Å². The van der Waals surface area contributed by atoms with Crippen molar-refractivity contribution in [2.24, 2.45) is 5.92 Å². The fraction of sp³-hybridized carbons (Fsp3) is 0.786. The topological polar surface area (TPSA) is 35.6 Å². The van der Waals surface area contributed by atoms with Gasteiger partial charge in [0, 0.05) is 32.7 Å². The molecule has 0 bridgehead atoms. The zero-order valence-electron chi connectivity index (χ0n) is 11.4. The number of hydrogen-bond acceptors (Lipinski definition) is 3. The number of piperazine rings is 1. The van der Waals surface area contributed by atoms with E-state index in [1.165, 1.54) is 6.42 Å². The lowest BCUT2D eigenvalue weighted by atomic mass is 9.93. The molecule has 1 amide bonds. The highest BCUT2D eigenvalue weighted by molar-refractivity contribution is 5.82. The Labute approximate surface area is 110 Å². The molecule has 0 aromatic heterocycles. The quantitative estimate of drug-likeness (QED) is 0.750. The normalized spacial score (nSPS) is 30.2. The van der Waals surface area contributed by atoms with Gasteiger partial charge in [-0.25, -0.2) is 0 Å². The van der Waals surface area contributed by atoms with Crippen LogP contribution in [0.2, 0.25) is 0 Å². The minimum Gasteiger partial charge on any atom is -0.339 e. The Hall–Kier alpha value is -0.870. The molecule has 2 unspecified atom stereocenters. The monoisotopic (exact) mass is 251 g/mol. The molecule has 0 aromatic rings. The molecule has 2 rings (SSSR count). The van der Waals surface area contributed by atoms with Gasteiger partial charge in [0.05, 0.1) is 6.04 Å². The Morgan fingerprint density at radius 2 is 2.11 bits per heavy atom. The van der Waals surface area contributed by atoms with Gasteiger partial charge in [0.15, 0.2) is 0 Å². The van der Waals surface area contributed by atoms with Crippen LogP contribution in [0.5, 0.6) is 0 Å². The van der Waals surface area contributed by atoms with Crippen molar-refractivity contribution >= 4 is 5.91 Å². The number of nitrogens with one attached hydrogen (secondary N) is 1. The molecule has 2 aliphatic heterocycles. The molecule has 2 fully saturated rings. The molecule has 0 saturated carbocycles. The fourth-order valence-corrected chi connectivity index (χ4v) is 2.85. The third-order valence-electron chi connectivity index (χ3n) is 4.04. The molecule has 2 saturated heterocycles. The van der Waals surface area contributed by atoms with E-state index in [0.29, 0.717) is 11.8 Å². The van der Waals surface area contributed by atoms with E-state index in [0.717, 1.165) is 45.7 Å². The van der Waals surface area contributed by atoms with E-state index in [1.807, 2.05) is 11.0 Å². The lowest BCUT2D eigenvalue weighted by Gasteiger charge is -2.37. The maximum Gasteiger partial charge on any atom is 0.239 e. The maximum absolute atomic E-state index is 12.4. The first-order valence-corrected chi connectivity index (χ1v) is 7.06. The summed E-state index contributed by atoms with van der Waals surface area (Å²) in [5.74, 6) is 0.974. The summed E-state index contributed by atoms with van der Waals surface area (Å²) >= 11 is 0. The summed E-state index contributed by atoms with van der Waals surface area (Å²) in [6.45, 7) is 11.6. The summed E-state index contributed by atoms with van der Waals surface area (Å²) < 4.78 is 0. The smallest absolute Gasteiger partial charge is 0.239 e. The van der Waals surface area contributed by atoms with Crippen molar-refractivity contribution in [1.82, 2.24) is 15.1 Å². The highest BCUT2D eigenvalue weighted by atomic mass is 16.2. The lowest BCUT2D eigenvalue weighted by Crippen LogP contribution is -2.55.